The van der Waals surface area contributed by atoms with Crippen LogP contribution < -0.4 is 0 Å². The summed E-state index contributed by atoms with van der Waals surface area (Å²) in [6.45, 7) is 5.16. The van der Waals surface area contributed by atoms with Crippen molar-refractivity contribution in [2.45, 2.75) is 52.5 Å². The number of hydrogen-bond donors (Lipinski definition) is 0. The molecule has 3 rings (SSSR count). The van der Waals surface area contributed by atoms with Crippen molar-refractivity contribution in [1.82, 2.24) is 14.8 Å². The van der Waals surface area contributed by atoms with E-state index in [2.05, 4.69) is 23.9 Å². The van der Waals surface area contributed by atoms with Crippen molar-refractivity contribution < 1.29 is 4.79 Å². The number of fused-ring (bicyclic) bond motifs is 1. The van der Waals surface area contributed by atoms with Crippen LogP contribution >= 0.6 is 0 Å². The van der Waals surface area contributed by atoms with Crippen LogP contribution in [0.1, 0.15) is 45.4 Å². The van der Waals surface area contributed by atoms with E-state index in [1.807, 2.05) is 4.68 Å². The fraction of sp³-hybridized carbons (Fsp3) is 0.800. The third kappa shape index (κ3) is 2.58. The van der Waals surface area contributed by atoms with E-state index in [4.69, 9.17) is 0 Å². The summed E-state index contributed by atoms with van der Waals surface area (Å²) in [5.41, 5.74) is 0. The molecule has 2 aliphatic carbocycles. The molecular weight excluding hydrogens is 238 g/mol. The minimum Gasteiger partial charge on any atom is -0.299 e. The van der Waals surface area contributed by atoms with Crippen molar-refractivity contribution in [1.29, 1.82) is 0 Å². The Balaban J connectivity index is 1.62. The van der Waals surface area contributed by atoms with Gasteiger partial charge < -0.3 is 0 Å². The number of aromatic nitrogens is 3. The zero-order chi connectivity index (χ0) is 13.4. The van der Waals surface area contributed by atoms with Crippen LogP contribution in [0.4, 0.5) is 0 Å². The molecule has 4 heteroatoms. The van der Waals surface area contributed by atoms with Gasteiger partial charge in [0.15, 0.2) is 0 Å². The molecule has 2 unspecified atom stereocenters. The highest BCUT2D eigenvalue weighted by atomic mass is 16.1. The summed E-state index contributed by atoms with van der Waals surface area (Å²) in [6, 6.07) is 0. The Morgan fingerprint density at radius 1 is 1.37 bits per heavy atom. The van der Waals surface area contributed by atoms with Gasteiger partial charge in [-0.2, -0.15) is 5.10 Å². The first-order valence-corrected chi connectivity index (χ1v) is 7.56. The summed E-state index contributed by atoms with van der Waals surface area (Å²) < 4.78 is 1.90. The van der Waals surface area contributed by atoms with Crippen LogP contribution in [0.25, 0.3) is 0 Å². The molecule has 0 spiro atoms. The molecule has 0 bridgehead atoms. The Bertz CT molecular complexity index is 454. The molecule has 4 nitrogen and oxygen atoms in total. The average molecular weight is 261 g/mol. The predicted octanol–water partition coefficient (Wildman–Crippen LogP) is 2.48. The third-order valence-electron chi connectivity index (χ3n) is 4.59. The van der Waals surface area contributed by atoms with Crippen LogP contribution in [0.5, 0.6) is 0 Å². The van der Waals surface area contributed by atoms with Crippen LogP contribution in [0.3, 0.4) is 0 Å². The topological polar surface area (TPSA) is 47.8 Å². The molecule has 0 aliphatic heterocycles. The summed E-state index contributed by atoms with van der Waals surface area (Å²) in [5, 5.41) is 4.23. The molecule has 1 heterocycles. The highest BCUT2D eigenvalue weighted by Gasteiger charge is 2.54. The maximum atomic E-state index is 12.4. The zero-order valence-corrected chi connectivity index (χ0v) is 11.9. The number of carbonyl (C=O) groups is 1. The molecule has 0 amide bonds. The van der Waals surface area contributed by atoms with Crippen LogP contribution in [-0.2, 0) is 17.8 Å². The third-order valence-corrected chi connectivity index (χ3v) is 4.59. The first-order chi connectivity index (χ1) is 9.16. The van der Waals surface area contributed by atoms with E-state index >= 15 is 0 Å². The second-order valence-electron chi connectivity index (χ2n) is 6.53. The lowest BCUT2D eigenvalue weighted by atomic mass is 10.0. The Morgan fingerprint density at radius 2 is 2.05 bits per heavy atom. The molecule has 0 aromatic carbocycles. The van der Waals surface area contributed by atoms with Crippen molar-refractivity contribution in [2.24, 2.45) is 23.7 Å². The standard InChI is InChI=1S/C15H23N3O/c1-10(2)8-18-14(16-9-17-18)7-13(19)15-11-5-3-4-6-12(11)15/h9-12,15H,3-8H2,1-2H3. The number of nitrogens with zero attached hydrogens (tertiary/aromatic N) is 3. The first kappa shape index (κ1) is 12.8. The molecule has 0 N–H and O–H groups in total. The molecule has 2 aliphatic rings. The lowest BCUT2D eigenvalue weighted by molar-refractivity contribution is -0.120. The van der Waals surface area contributed by atoms with Gasteiger partial charge in [0.2, 0.25) is 0 Å². The van der Waals surface area contributed by atoms with Crippen LogP contribution in [0, 0.1) is 23.7 Å². The van der Waals surface area contributed by atoms with E-state index in [0.717, 1.165) is 12.4 Å². The molecule has 2 saturated carbocycles. The van der Waals surface area contributed by atoms with E-state index in [1.165, 1.54) is 25.7 Å². The van der Waals surface area contributed by atoms with Crippen LogP contribution in [0.15, 0.2) is 6.33 Å². The molecule has 1 aromatic rings. The number of carbonyl (C=O) groups excluding carboxylic acids is 1. The summed E-state index contributed by atoms with van der Waals surface area (Å²) in [6.07, 6.45) is 7.21. The maximum absolute atomic E-state index is 12.4. The van der Waals surface area contributed by atoms with Gasteiger partial charge in [-0.25, -0.2) is 9.67 Å². The second kappa shape index (κ2) is 5.06. The van der Waals surface area contributed by atoms with Gasteiger partial charge in [-0.05, 0) is 30.6 Å². The van der Waals surface area contributed by atoms with Gasteiger partial charge in [0.05, 0.1) is 6.42 Å². The quantitative estimate of drug-likeness (QED) is 0.818. The summed E-state index contributed by atoms with van der Waals surface area (Å²) in [5.74, 6) is 3.51. The largest absolute Gasteiger partial charge is 0.299 e. The first-order valence-electron chi connectivity index (χ1n) is 7.56. The van der Waals surface area contributed by atoms with Gasteiger partial charge in [0, 0.05) is 12.5 Å². The number of rotatable bonds is 5. The molecule has 0 radical (unpaired) electrons. The van der Waals surface area contributed by atoms with E-state index in [-0.39, 0.29) is 0 Å². The fourth-order valence-electron chi connectivity index (χ4n) is 3.67. The van der Waals surface area contributed by atoms with E-state index < -0.39 is 0 Å². The maximum Gasteiger partial charge on any atom is 0.144 e. The zero-order valence-electron chi connectivity index (χ0n) is 11.9. The Kier molecular flexibility index (Phi) is 3.42. The van der Waals surface area contributed by atoms with Crippen LogP contribution in [0.2, 0.25) is 0 Å². The molecule has 104 valence electrons. The van der Waals surface area contributed by atoms with E-state index in [0.29, 0.717) is 35.9 Å². The van der Waals surface area contributed by atoms with Gasteiger partial charge in [-0.15, -0.1) is 0 Å². The molecule has 0 saturated heterocycles. The minimum atomic E-state index is 0.340. The Hall–Kier alpha value is -1.19. The van der Waals surface area contributed by atoms with Gasteiger partial charge in [-0.3, -0.25) is 4.79 Å². The Morgan fingerprint density at radius 3 is 2.68 bits per heavy atom. The van der Waals surface area contributed by atoms with Crippen LogP contribution in [-0.4, -0.2) is 20.5 Å². The molecule has 1 aromatic heterocycles. The normalized spacial score (nSPS) is 29.3. The lowest BCUT2D eigenvalue weighted by Crippen LogP contribution is -2.15. The number of Topliss-reactive ketones (excluding diaryl/α,β-unsaturated/α-hetero) is 1. The monoisotopic (exact) mass is 261 g/mol. The number of ketones is 1. The highest BCUT2D eigenvalue weighted by molar-refractivity contribution is 5.85. The smallest absolute Gasteiger partial charge is 0.144 e. The van der Waals surface area contributed by atoms with Crippen molar-refractivity contribution >= 4 is 5.78 Å². The minimum absolute atomic E-state index is 0.340. The Labute approximate surface area is 114 Å². The van der Waals surface area contributed by atoms with Gasteiger partial charge >= 0.3 is 0 Å². The summed E-state index contributed by atoms with van der Waals surface area (Å²) >= 11 is 0. The molecule has 2 atom stereocenters. The van der Waals surface area contributed by atoms with Crippen molar-refractivity contribution in [3.8, 4) is 0 Å². The van der Waals surface area contributed by atoms with Gasteiger partial charge in [0.25, 0.3) is 0 Å². The highest BCUT2D eigenvalue weighted by Crippen LogP contribution is 2.55. The average Bonchev–Trinajstić information content (AvgIpc) is 2.97. The van der Waals surface area contributed by atoms with Gasteiger partial charge in [-0.1, -0.05) is 26.7 Å². The van der Waals surface area contributed by atoms with E-state index in [9.17, 15) is 4.79 Å². The molecule has 2 fully saturated rings. The molecular formula is C15H23N3O. The fourth-order valence-corrected chi connectivity index (χ4v) is 3.67. The van der Waals surface area contributed by atoms with E-state index in [1.54, 1.807) is 6.33 Å². The van der Waals surface area contributed by atoms with Crippen molar-refractivity contribution in [3.05, 3.63) is 12.2 Å². The summed E-state index contributed by atoms with van der Waals surface area (Å²) in [4.78, 5) is 16.7. The molecule has 19 heavy (non-hydrogen) atoms. The second-order valence-corrected chi connectivity index (χ2v) is 6.53. The SMILES string of the molecule is CC(C)Cn1ncnc1CC(=O)C1C2CCCCC21. The van der Waals surface area contributed by atoms with Crippen molar-refractivity contribution in [2.75, 3.05) is 0 Å². The predicted molar refractivity (Wildman–Crippen MR) is 72.5 cm³/mol. The summed E-state index contributed by atoms with van der Waals surface area (Å²) in [7, 11) is 0. The number of hydrogen-bond acceptors (Lipinski definition) is 3. The lowest BCUT2D eigenvalue weighted by Gasteiger charge is -2.07. The van der Waals surface area contributed by atoms with Crippen molar-refractivity contribution in [3.63, 3.8) is 0 Å². The van der Waals surface area contributed by atoms with Gasteiger partial charge in [0.1, 0.15) is 17.9 Å².